The number of benzene rings is 1. The third-order valence-corrected chi connectivity index (χ3v) is 4.16. The summed E-state index contributed by atoms with van der Waals surface area (Å²) in [6.45, 7) is 6.32. The van der Waals surface area contributed by atoms with Crippen molar-refractivity contribution in [2.24, 2.45) is 4.99 Å². The van der Waals surface area contributed by atoms with Crippen molar-refractivity contribution in [1.29, 1.82) is 0 Å². The van der Waals surface area contributed by atoms with Gasteiger partial charge in [0.05, 0.1) is 12.2 Å². The second kappa shape index (κ2) is 9.06. The van der Waals surface area contributed by atoms with Crippen LogP contribution in [0.4, 0.5) is 0 Å². The minimum Gasteiger partial charge on any atom is -0.487 e. The number of hydrogen-bond donors (Lipinski definition) is 1. The van der Waals surface area contributed by atoms with Gasteiger partial charge in [0.1, 0.15) is 12.4 Å². The third-order valence-electron chi connectivity index (χ3n) is 4.16. The lowest BCUT2D eigenvalue weighted by molar-refractivity contribution is 0.301. The van der Waals surface area contributed by atoms with Crippen molar-refractivity contribution in [2.75, 3.05) is 19.6 Å². The van der Waals surface area contributed by atoms with E-state index in [-0.39, 0.29) is 0 Å². The first-order valence-corrected chi connectivity index (χ1v) is 9.00. The number of nitrogens with one attached hydrogen (secondary N) is 1. The molecule has 1 aliphatic heterocycles. The van der Waals surface area contributed by atoms with Crippen molar-refractivity contribution in [3.05, 3.63) is 59.9 Å². The predicted molar refractivity (Wildman–Crippen MR) is 101 cm³/mol. The topological polar surface area (TPSA) is 49.8 Å². The summed E-state index contributed by atoms with van der Waals surface area (Å²) in [5.41, 5.74) is 2.07. The average molecular weight is 338 g/mol. The fourth-order valence-corrected chi connectivity index (χ4v) is 2.90. The average Bonchev–Trinajstić information content (AvgIpc) is 3.19. The first-order chi connectivity index (χ1) is 12.3. The Morgan fingerprint density at radius 3 is 2.84 bits per heavy atom. The molecule has 0 saturated carbocycles. The van der Waals surface area contributed by atoms with Gasteiger partial charge >= 0.3 is 0 Å². The Labute approximate surface area is 149 Å². The molecule has 0 bridgehead atoms. The van der Waals surface area contributed by atoms with Crippen LogP contribution < -0.4 is 10.1 Å². The van der Waals surface area contributed by atoms with Crippen molar-refractivity contribution in [3.63, 3.8) is 0 Å². The van der Waals surface area contributed by atoms with Crippen molar-refractivity contribution in [1.82, 2.24) is 15.2 Å². The largest absolute Gasteiger partial charge is 0.487 e. The maximum atomic E-state index is 5.85. The minimum absolute atomic E-state index is 0.476. The van der Waals surface area contributed by atoms with E-state index < -0.39 is 0 Å². The second-order valence-electron chi connectivity index (χ2n) is 6.12. The maximum absolute atomic E-state index is 5.85. The van der Waals surface area contributed by atoms with Gasteiger partial charge in [-0.05, 0) is 49.6 Å². The summed E-state index contributed by atoms with van der Waals surface area (Å²) in [5.74, 6) is 1.87. The number of hydrogen-bond acceptors (Lipinski definition) is 3. The molecule has 3 rings (SSSR count). The van der Waals surface area contributed by atoms with Crippen LogP contribution in [0.5, 0.6) is 5.75 Å². The van der Waals surface area contributed by atoms with Gasteiger partial charge in [0.15, 0.2) is 5.96 Å². The molecule has 0 spiro atoms. The quantitative estimate of drug-likeness (QED) is 0.649. The minimum atomic E-state index is 0.476. The Morgan fingerprint density at radius 1 is 1.20 bits per heavy atom. The van der Waals surface area contributed by atoms with Crippen molar-refractivity contribution >= 4 is 5.96 Å². The molecule has 132 valence electrons. The van der Waals surface area contributed by atoms with Gasteiger partial charge in [0, 0.05) is 25.8 Å². The van der Waals surface area contributed by atoms with E-state index in [1.807, 2.05) is 30.3 Å². The van der Waals surface area contributed by atoms with Crippen LogP contribution in [-0.2, 0) is 13.2 Å². The van der Waals surface area contributed by atoms with Gasteiger partial charge < -0.3 is 15.0 Å². The van der Waals surface area contributed by atoms with E-state index in [9.17, 15) is 0 Å². The van der Waals surface area contributed by atoms with Crippen LogP contribution in [0.25, 0.3) is 0 Å². The van der Waals surface area contributed by atoms with Gasteiger partial charge in [-0.2, -0.15) is 0 Å². The summed E-state index contributed by atoms with van der Waals surface area (Å²) >= 11 is 0. The van der Waals surface area contributed by atoms with Crippen molar-refractivity contribution in [3.8, 4) is 5.75 Å². The lowest BCUT2D eigenvalue weighted by Crippen LogP contribution is -2.39. The zero-order valence-corrected chi connectivity index (χ0v) is 14.8. The Balaban J connectivity index is 1.61. The Hall–Kier alpha value is -2.56. The van der Waals surface area contributed by atoms with E-state index in [4.69, 9.17) is 9.73 Å². The van der Waals surface area contributed by atoms with E-state index in [0.29, 0.717) is 13.2 Å². The van der Waals surface area contributed by atoms with Crippen LogP contribution in [0.15, 0.2) is 53.7 Å². The van der Waals surface area contributed by atoms with E-state index in [2.05, 4.69) is 34.3 Å². The molecule has 1 fully saturated rings. The van der Waals surface area contributed by atoms with Crippen molar-refractivity contribution in [2.45, 2.75) is 32.9 Å². The zero-order chi connectivity index (χ0) is 17.3. The Bertz CT molecular complexity index is 681. The van der Waals surface area contributed by atoms with Crippen molar-refractivity contribution < 1.29 is 4.74 Å². The van der Waals surface area contributed by atoms with Gasteiger partial charge in [-0.25, -0.2) is 4.99 Å². The monoisotopic (exact) mass is 338 g/mol. The van der Waals surface area contributed by atoms with Crippen LogP contribution in [-0.4, -0.2) is 35.5 Å². The smallest absolute Gasteiger partial charge is 0.194 e. The molecule has 1 aliphatic rings. The lowest BCUT2D eigenvalue weighted by Gasteiger charge is -2.20. The molecule has 0 aliphatic carbocycles. The number of aliphatic imine (C=N–C) groups is 1. The molecule has 1 aromatic heterocycles. The SMILES string of the molecule is CCNC(=NCc1cccc(OCc2ccccn2)c1)N1CCCC1. The number of aromatic nitrogens is 1. The zero-order valence-electron chi connectivity index (χ0n) is 14.8. The molecule has 1 saturated heterocycles. The summed E-state index contributed by atoms with van der Waals surface area (Å²) in [7, 11) is 0. The molecule has 1 N–H and O–H groups in total. The van der Waals surface area contributed by atoms with Gasteiger partial charge in [0.25, 0.3) is 0 Å². The predicted octanol–water partition coefficient (Wildman–Crippen LogP) is 3.22. The maximum Gasteiger partial charge on any atom is 0.194 e. The van der Waals surface area contributed by atoms with Gasteiger partial charge in [-0.15, -0.1) is 0 Å². The second-order valence-corrected chi connectivity index (χ2v) is 6.12. The van der Waals surface area contributed by atoms with Gasteiger partial charge in [-0.1, -0.05) is 18.2 Å². The highest BCUT2D eigenvalue weighted by Gasteiger charge is 2.15. The lowest BCUT2D eigenvalue weighted by atomic mass is 10.2. The van der Waals surface area contributed by atoms with Gasteiger partial charge in [-0.3, -0.25) is 4.98 Å². The summed E-state index contributed by atoms with van der Waals surface area (Å²) in [6, 6.07) is 14.0. The molecule has 0 unspecified atom stereocenters. The summed E-state index contributed by atoms with van der Waals surface area (Å²) in [6.07, 6.45) is 4.28. The third kappa shape index (κ3) is 5.21. The fraction of sp³-hybridized carbons (Fsp3) is 0.400. The standard InChI is InChI=1S/C20H26N4O/c1-2-21-20(24-12-5-6-13-24)23-15-17-8-7-10-19(14-17)25-16-18-9-3-4-11-22-18/h3-4,7-11,14H,2,5-6,12-13,15-16H2,1H3,(H,21,23). The van der Waals surface area contributed by atoms with Gasteiger partial charge in [0.2, 0.25) is 0 Å². The summed E-state index contributed by atoms with van der Waals surface area (Å²) in [5, 5.41) is 3.39. The molecule has 5 heteroatoms. The van der Waals surface area contributed by atoms with E-state index in [1.165, 1.54) is 12.8 Å². The Kier molecular flexibility index (Phi) is 6.26. The molecular formula is C20H26N4O. The van der Waals surface area contributed by atoms with E-state index >= 15 is 0 Å². The number of nitrogens with zero attached hydrogens (tertiary/aromatic N) is 3. The molecule has 5 nitrogen and oxygen atoms in total. The van der Waals surface area contributed by atoms with E-state index in [1.54, 1.807) is 6.20 Å². The number of guanidine groups is 1. The Morgan fingerprint density at radius 2 is 2.08 bits per heavy atom. The molecule has 2 aromatic rings. The molecule has 25 heavy (non-hydrogen) atoms. The molecule has 2 heterocycles. The molecule has 0 radical (unpaired) electrons. The fourth-order valence-electron chi connectivity index (χ4n) is 2.90. The van der Waals surface area contributed by atoms with Crippen LogP contribution in [0.3, 0.4) is 0 Å². The number of pyridine rings is 1. The number of ether oxygens (including phenoxy) is 1. The number of likely N-dealkylation sites (tertiary alicyclic amines) is 1. The van der Waals surface area contributed by atoms with Crippen LogP contribution in [0.1, 0.15) is 31.0 Å². The molecule has 1 aromatic carbocycles. The number of rotatable bonds is 6. The summed E-state index contributed by atoms with van der Waals surface area (Å²) in [4.78, 5) is 11.4. The normalized spacial score (nSPS) is 14.6. The summed E-state index contributed by atoms with van der Waals surface area (Å²) < 4.78 is 5.85. The molecule has 0 atom stereocenters. The highest BCUT2D eigenvalue weighted by Crippen LogP contribution is 2.16. The van der Waals surface area contributed by atoms with E-state index in [0.717, 1.165) is 42.6 Å². The highest BCUT2D eigenvalue weighted by molar-refractivity contribution is 5.80. The molecular weight excluding hydrogens is 312 g/mol. The molecule has 0 amide bonds. The van der Waals surface area contributed by atoms with Crippen LogP contribution >= 0.6 is 0 Å². The highest BCUT2D eigenvalue weighted by atomic mass is 16.5. The first kappa shape index (κ1) is 17.3. The first-order valence-electron chi connectivity index (χ1n) is 9.00. The van der Waals surface area contributed by atoms with Crippen LogP contribution in [0, 0.1) is 0 Å². The van der Waals surface area contributed by atoms with Crippen LogP contribution in [0.2, 0.25) is 0 Å².